The maximum Gasteiger partial charge on any atom is 0.174 e. The van der Waals surface area contributed by atoms with Crippen LogP contribution in [0.25, 0.3) is 0 Å². The summed E-state index contributed by atoms with van der Waals surface area (Å²) in [6.45, 7) is 16.4. The van der Waals surface area contributed by atoms with Gasteiger partial charge in [0.2, 0.25) is 0 Å². The fourth-order valence-electron chi connectivity index (χ4n) is 4.72. The molecule has 1 saturated carbocycles. The fourth-order valence-corrected chi connectivity index (χ4v) is 4.72. The van der Waals surface area contributed by atoms with E-state index in [9.17, 15) is 5.11 Å². The SMILES string of the molecule is CCOC(O)/C=C(C)/C=C/C1CC1(C)c1ccc2c(c1)C(C)(C)CCC2(C)C. The minimum absolute atomic E-state index is 0.224. The van der Waals surface area contributed by atoms with Gasteiger partial charge in [-0.15, -0.1) is 0 Å². The Morgan fingerprint density at radius 2 is 1.79 bits per heavy atom. The van der Waals surface area contributed by atoms with E-state index in [1.165, 1.54) is 30.4 Å². The van der Waals surface area contributed by atoms with E-state index in [0.29, 0.717) is 12.5 Å². The highest BCUT2D eigenvalue weighted by atomic mass is 16.6. The van der Waals surface area contributed by atoms with Crippen molar-refractivity contribution in [2.24, 2.45) is 5.92 Å². The van der Waals surface area contributed by atoms with E-state index in [1.807, 2.05) is 13.8 Å². The van der Waals surface area contributed by atoms with Crippen LogP contribution >= 0.6 is 0 Å². The summed E-state index contributed by atoms with van der Waals surface area (Å²) in [6.07, 6.45) is 9.09. The summed E-state index contributed by atoms with van der Waals surface area (Å²) in [5.41, 5.74) is 6.36. The zero-order chi connectivity index (χ0) is 20.7. The van der Waals surface area contributed by atoms with Crippen LogP contribution in [0.5, 0.6) is 0 Å². The van der Waals surface area contributed by atoms with Gasteiger partial charge in [-0.25, -0.2) is 0 Å². The summed E-state index contributed by atoms with van der Waals surface area (Å²) in [5.74, 6) is 0.554. The Bertz CT molecular complexity index is 784. The lowest BCUT2D eigenvalue weighted by atomic mass is 9.62. The molecule has 1 fully saturated rings. The number of allylic oxidation sites excluding steroid dienone is 3. The maximum absolute atomic E-state index is 9.75. The number of ether oxygens (including phenoxy) is 1. The van der Waals surface area contributed by atoms with Crippen LogP contribution in [0, 0.1) is 5.92 Å². The maximum atomic E-state index is 9.75. The third kappa shape index (κ3) is 4.14. The number of benzene rings is 1. The van der Waals surface area contributed by atoms with Crippen molar-refractivity contribution in [3.8, 4) is 0 Å². The lowest BCUT2D eigenvalue weighted by Crippen LogP contribution is -2.34. The molecule has 28 heavy (non-hydrogen) atoms. The zero-order valence-corrected chi connectivity index (χ0v) is 18.8. The van der Waals surface area contributed by atoms with E-state index in [-0.39, 0.29) is 16.2 Å². The molecular weight excluding hydrogens is 344 g/mol. The number of hydrogen-bond donors (Lipinski definition) is 1. The second-order valence-corrected chi connectivity index (χ2v) is 10.4. The number of aliphatic hydroxyl groups excluding tert-OH is 1. The molecular formula is C26H38O2. The van der Waals surface area contributed by atoms with Crippen LogP contribution in [0.2, 0.25) is 0 Å². The van der Waals surface area contributed by atoms with Crippen LogP contribution in [0.3, 0.4) is 0 Å². The number of hydrogen-bond acceptors (Lipinski definition) is 2. The monoisotopic (exact) mass is 382 g/mol. The molecule has 2 nitrogen and oxygen atoms in total. The minimum atomic E-state index is -0.813. The van der Waals surface area contributed by atoms with Gasteiger partial charge in [0.05, 0.1) is 0 Å². The average molecular weight is 383 g/mol. The van der Waals surface area contributed by atoms with Gasteiger partial charge >= 0.3 is 0 Å². The Hall–Kier alpha value is -1.38. The summed E-state index contributed by atoms with van der Waals surface area (Å²) in [7, 11) is 0. The molecule has 1 aromatic carbocycles. The van der Waals surface area contributed by atoms with Crippen LogP contribution in [-0.2, 0) is 21.0 Å². The fraction of sp³-hybridized carbons (Fsp3) is 0.615. The van der Waals surface area contributed by atoms with Crippen molar-refractivity contribution >= 4 is 0 Å². The van der Waals surface area contributed by atoms with Crippen LogP contribution in [0.4, 0.5) is 0 Å². The molecule has 2 aliphatic rings. The summed E-state index contributed by atoms with van der Waals surface area (Å²) in [6, 6.07) is 7.28. The van der Waals surface area contributed by atoms with Gasteiger partial charge in [0, 0.05) is 6.61 Å². The van der Waals surface area contributed by atoms with Crippen molar-refractivity contribution in [1.82, 2.24) is 0 Å². The third-order valence-electron chi connectivity index (χ3n) is 7.15. The van der Waals surface area contributed by atoms with Crippen LogP contribution in [0.1, 0.15) is 84.4 Å². The predicted octanol–water partition coefficient (Wildman–Crippen LogP) is 6.17. The average Bonchev–Trinajstić information content (AvgIpc) is 3.29. The van der Waals surface area contributed by atoms with Gasteiger partial charge in [-0.2, -0.15) is 0 Å². The molecule has 1 aromatic rings. The Morgan fingerprint density at radius 3 is 2.43 bits per heavy atom. The highest BCUT2D eigenvalue weighted by Gasteiger charge is 2.50. The molecule has 0 spiro atoms. The molecule has 154 valence electrons. The Morgan fingerprint density at radius 1 is 1.14 bits per heavy atom. The van der Waals surface area contributed by atoms with E-state index in [0.717, 1.165) is 5.57 Å². The summed E-state index contributed by atoms with van der Waals surface area (Å²) in [4.78, 5) is 0. The van der Waals surface area contributed by atoms with E-state index in [1.54, 1.807) is 11.6 Å². The van der Waals surface area contributed by atoms with Gasteiger partial charge in [0.25, 0.3) is 0 Å². The van der Waals surface area contributed by atoms with Gasteiger partial charge in [0.15, 0.2) is 6.29 Å². The Kier molecular flexibility index (Phi) is 5.68. The van der Waals surface area contributed by atoms with Crippen LogP contribution in [-0.4, -0.2) is 18.0 Å². The van der Waals surface area contributed by atoms with Crippen molar-refractivity contribution in [2.45, 2.75) is 90.3 Å². The van der Waals surface area contributed by atoms with Crippen molar-refractivity contribution in [1.29, 1.82) is 0 Å². The van der Waals surface area contributed by atoms with Gasteiger partial charge in [-0.1, -0.05) is 70.5 Å². The van der Waals surface area contributed by atoms with Crippen LogP contribution < -0.4 is 0 Å². The molecule has 0 radical (unpaired) electrons. The lowest BCUT2D eigenvalue weighted by molar-refractivity contribution is -0.0590. The smallest absolute Gasteiger partial charge is 0.174 e. The van der Waals surface area contributed by atoms with Gasteiger partial charge in [0.1, 0.15) is 0 Å². The second kappa shape index (κ2) is 7.46. The van der Waals surface area contributed by atoms with Crippen molar-refractivity contribution in [2.75, 3.05) is 6.61 Å². The molecule has 3 unspecified atom stereocenters. The minimum Gasteiger partial charge on any atom is -0.365 e. The zero-order valence-electron chi connectivity index (χ0n) is 18.8. The van der Waals surface area contributed by atoms with E-state index >= 15 is 0 Å². The molecule has 1 N–H and O–H groups in total. The lowest BCUT2D eigenvalue weighted by Gasteiger charge is -2.42. The van der Waals surface area contributed by atoms with Gasteiger partial charge in [-0.3, -0.25) is 0 Å². The summed E-state index contributed by atoms with van der Waals surface area (Å²) >= 11 is 0. The molecule has 0 bridgehead atoms. The van der Waals surface area contributed by atoms with E-state index < -0.39 is 6.29 Å². The van der Waals surface area contributed by atoms with Crippen molar-refractivity contribution in [3.63, 3.8) is 0 Å². The normalized spacial score (nSPS) is 29.6. The first-order valence-corrected chi connectivity index (χ1v) is 10.8. The first-order chi connectivity index (χ1) is 13.0. The first-order valence-electron chi connectivity index (χ1n) is 10.8. The Balaban J connectivity index is 1.79. The second-order valence-electron chi connectivity index (χ2n) is 10.4. The van der Waals surface area contributed by atoms with Gasteiger partial charge < -0.3 is 9.84 Å². The topological polar surface area (TPSA) is 29.5 Å². The number of fused-ring (bicyclic) bond motifs is 1. The molecule has 2 aliphatic carbocycles. The highest BCUT2D eigenvalue weighted by Crippen LogP contribution is 2.56. The van der Waals surface area contributed by atoms with E-state index in [4.69, 9.17) is 4.74 Å². The van der Waals surface area contributed by atoms with Crippen LogP contribution in [0.15, 0.2) is 42.0 Å². The third-order valence-corrected chi connectivity index (χ3v) is 7.15. The molecule has 3 atom stereocenters. The number of rotatable bonds is 6. The molecule has 0 aliphatic heterocycles. The van der Waals surface area contributed by atoms with E-state index in [2.05, 4.69) is 65.0 Å². The molecule has 0 aromatic heterocycles. The predicted molar refractivity (Wildman–Crippen MR) is 118 cm³/mol. The standard InChI is InChI=1S/C26H38O2/c1-8-28-23(27)15-18(2)9-10-20-17-26(20,7)19-11-12-21-22(16-19)25(5,6)14-13-24(21,3)4/h9-12,15-16,20,23,27H,8,13-14,17H2,1-7H3/b10-9+,18-15+. The van der Waals surface area contributed by atoms with Crippen molar-refractivity contribution in [3.05, 3.63) is 58.7 Å². The summed E-state index contributed by atoms with van der Waals surface area (Å²) < 4.78 is 5.18. The quantitative estimate of drug-likeness (QED) is 0.471. The summed E-state index contributed by atoms with van der Waals surface area (Å²) in [5, 5.41) is 9.75. The molecule has 0 amide bonds. The number of aliphatic hydroxyl groups is 1. The first kappa shape index (κ1) is 21.3. The molecule has 0 saturated heterocycles. The van der Waals surface area contributed by atoms with Gasteiger partial charge in [-0.05, 0) is 78.0 Å². The van der Waals surface area contributed by atoms with Crippen molar-refractivity contribution < 1.29 is 9.84 Å². The molecule has 3 rings (SSSR count). The molecule has 0 heterocycles. The molecule has 2 heteroatoms. The largest absolute Gasteiger partial charge is 0.365 e. The Labute approximate surface area is 171 Å². The highest BCUT2D eigenvalue weighted by molar-refractivity contribution is 5.48.